The molecule has 1 aromatic carbocycles. The fraction of sp³-hybridized carbons (Fsp3) is 0.500. The second kappa shape index (κ2) is 7.02. The number of ether oxygens (including phenoxy) is 1. The normalized spacial score (nSPS) is 13.0. The Hall–Kier alpha value is -1.44. The molecule has 0 saturated heterocycles. The van der Waals surface area contributed by atoms with Crippen LogP contribution in [0.5, 0.6) is 0 Å². The van der Waals surface area contributed by atoms with Crippen LogP contribution < -0.4 is 5.14 Å². The third-order valence-electron chi connectivity index (χ3n) is 3.49. The van der Waals surface area contributed by atoms with E-state index in [2.05, 4.69) is 0 Å². The Morgan fingerprint density at radius 2 is 2.05 bits per heavy atom. The molecule has 2 N–H and O–H groups in total. The van der Waals surface area contributed by atoms with Crippen LogP contribution >= 0.6 is 0 Å². The van der Waals surface area contributed by atoms with Gasteiger partial charge in [-0.1, -0.05) is 13.0 Å². The maximum atomic E-state index is 12.4. The zero-order chi connectivity index (χ0) is 16.2. The van der Waals surface area contributed by atoms with Crippen molar-refractivity contribution in [3.8, 4) is 0 Å². The van der Waals surface area contributed by atoms with Gasteiger partial charge in [0.25, 0.3) is 5.91 Å². The van der Waals surface area contributed by atoms with Crippen molar-refractivity contribution >= 4 is 15.9 Å². The predicted molar refractivity (Wildman–Crippen MR) is 80.4 cm³/mol. The van der Waals surface area contributed by atoms with Gasteiger partial charge in [-0.3, -0.25) is 4.79 Å². The fourth-order valence-corrected chi connectivity index (χ4v) is 2.69. The van der Waals surface area contributed by atoms with Crippen LogP contribution in [0.3, 0.4) is 0 Å². The molecule has 0 heterocycles. The van der Waals surface area contributed by atoms with Crippen LogP contribution in [0.2, 0.25) is 0 Å². The minimum Gasteiger partial charge on any atom is -0.380 e. The van der Waals surface area contributed by atoms with Gasteiger partial charge in [-0.15, -0.1) is 0 Å². The summed E-state index contributed by atoms with van der Waals surface area (Å²) in [5.74, 6) is -0.238. The number of hydrogen-bond acceptors (Lipinski definition) is 4. The summed E-state index contributed by atoms with van der Waals surface area (Å²) >= 11 is 0. The number of nitrogens with zero attached hydrogens (tertiary/aromatic N) is 1. The lowest BCUT2D eigenvalue weighted by molar-refractivity contribution is 0.0740. The monoisotopic (exact) mass is 314 g/mol. The topological polar surface area (TPSA) is 89.7 Å². The van der Waals surface area contributed by atoms with E-state index in [9.17, 15) is 13.2 Å². The smallest absolute Gasteiger partial charge is 0.253 e. The summed E-state index contributed by atoms with van der Waals surface area (Å²) in [4.78, 5) is 13.9. The minimum absolute atomic E-state index is 0.0640. The quantitative estimate of drug-likeness (QED) is 0.858. The molecule has 0 aliphatic rings. The summed E-state index contributed by atoms with van der Waals surface area (Å²) in [6.07, 6.45) is 0.812. The van der Waals surface area contributed by atoms with Crippen LogP contribution in [0.25, 0.3) is 0 Å². The Kier molecular flexibility index (Phi) is 5.88. The van der Waals surface area contributed by atoms with Crippen molar-refractivity contribution in [2.45, 2.75) is 37.8 Å². The Morgan fingerprint density at radius 1 is 1.43 bits per heavy atom. The lowest BCUT2D eigenvalue weighted by Gasteiger charge is -2.24. The SMILES string of the molecule is CCC(C)N(C)C(=O)c1ccc(COC)c(S(N)(=O)=O)c1. The van der Waals surface area contributed by atoms with Crippen molar-refractivity contribution in [3.63, 3.8) is 0 Å². The minimum atomic E-state index is -3.91. The Labute approximate surface area is 125 Å². The lowest BCUT2D eigenvalue weighted by Crippen LogP contribution is -2.34. The second-order valence-electron chi connectivity index (χ2n) is 4.97. The van der Waals surface area contributed by atoms with Crippen molar-refractivity contribution in [3.05, 3.63) is 29.3 Å². The van der Waals surface area contributed by atoms with Crippen molar-refractivity contribution in [2.24, 2.45) is 5.14 Å². The van der Waals surface area contributed by atoms with Gasteiger partial charge >= 0.3 is 0 Å². The van der Waals surface area contributed by atoms with E-state index < -0.39 is 10.0 Å². The molecular weight excluding hydrogens is 292 g/mol. The third kappa shape index (κ3) is 4.26. The molecule has 0 spiro atoms. The number of carbonyl (C=O) groups excluding carboxylic acids is 1. The number of carbonyl (C=O) groups is 1. The Bertz CT molecular complexity index is 613. The number of hydrogen-bond donors (Lipinski definition) is 1. The van der Waals surface area contributed by atoms with Gasteiger partial charge in [0.1, 0.15) is 0 Å². The van der Waals surface area contributed by atoms with E-state index in [1.807, 2.05) is 13.8 Å². The van der Waals surface area contributed by atoms with Gasteiger partial charge in [-0.05, 0) is 31.0 Å². The first-order valence-electron chi connectivity index (χ1n) is 6.64. The maximum absolute atomic E-state index is 12.4. The molecule has 0 saturated carbocycles. The summed E-state index contributed by atoms with van der Waals surface area (Å²) in [7, 11) is -0.762. The highest BCUT2D eigenvalue weighted by molar-refractivity contribution is 7.89. The van der Waals surface area contributed by atoms with Gasteiger partial charge < -0.3 is 9.64 Å². The van der Waals surface area contributed by atoms with Gasteiger partial charge in [0.2, 0.25) is 10.0 Å². The molecule has 0 fully saturated rings. The first kappa shape index (κ1) is 17.6. The van der Waals surface area contributed by atoms with E-state index in [-0.39, 0.29) is 23.5 Å². The number of nitrogens with two attached hydrogens (primary N) is 1. The summed E-state index contributed by atoms with van der Waals surface area (Å²) in [6, 6.07) is 4.52. The summed E-state index contributed by atoms with van der Waals surface area (Å²) < 4.78 is 28.3. The molecular formula is C14H22N2O4S. The summed E-state index contributed by atoms with van der Waals surface area (Å²) in [5, 5.41) is 5.21. The number of rotatable bonds is 6. The van der Waals surface area contributed by atoms with Gasteiger partial charge in [-0.2, -0.15) is 0 Å². The van der Waals surface area contributed by atoms with Gasteiger partial charge in [0.05, 0.1) is 11.5 Å². The van der Waals surface area contributed by atoms with Crippen LogP contribution in [0.4, 0.5) is 0 Å². The Morgan fingerprint density at radius 3 is 2.52 bits per heavy atom. The summed E-state index contributed by atoms with van der Waals surface area (Å²) in [6.45, 7) is 4.02. The summed E-state index contributed by atoms with van der Waals surface area (Å²) in [5.41, 5.74) is 0.726. The van der Waals surface area contributed by atoms with Crippen LogP contribution in [0.1, 0.15) is 36.2 Å². The molecule has 0 radical (unpaired) electrons. The van der Waals surface area contributed by atoms with E-state index in [0.717, 1.165) is 6.42 Å². The zero-order valence-corrected chi connectivity index (χ0v) is 13.6. The molecule has 1 aromatic rings. The second-order valence-corrected chi connectivity index (χ2v) is 6.50. The van der Waals surface area contributed by atoms with Crippen molar-refractivity contribution in [1.29, 1.82) is 0 Å². The van der Waals surface area contributed by atoms with Crippen LogP contribution in [0.15, 0.2) is 23.1 Å². The average Bonchev–Trinajstić information content (AvgIpc) is 2.44. The molecule has 0 bridgehead atoms. The number of amides is 1. The van der Waals surface area contributed by atoms with Crippen molar-refractivity contribution < 1.29 is 17.9 Å². The largest absolute Gasteiger partial charge is 0.380 e. The van der Waals surface area contributed by atoms with Crippen LogP contribution in [-0.4, -0.2) is 39.4 Å². The molecule has 6 nitrogen and oxygen atoms in total. The van der Waals surface area contributed by atoms with E-state index >= 15 is 0 Å². The highest BCUT2D eigenvalue weighted by Gasteiger charge is 2.20. The first-order valence-corrected chi connectivity index (χ1v) is 8.18. The average molecular weight is 314 g/mol. The molecule has 21 heavy (non-hydrogen) atoms. The molecule has 1 atom stereocenters. The highest BCUT2D eigenvalue weighted by Crippen LogP contribution is 2.19. The maximum Gasteiger partial charge on any atom is 0.253 e. The third-order valence-corrected chi connectivity index (χ3v) is 4.49. The van der Waals surface area contributed by atoms with Crippen molar-refractivity contribution in [1.82, 2.24) is 4.90 Å². The molecule has 7 heteroatoms. The molecule has 118 valence electrons. The lowest BCUT2D eigenvalue weighted by atomic mass is 10.1. The molecule has 1 rings (SSSR count). The first-order chi connectivity index (χ1) is 9.72. The van der Waals surface area contributed by atoms with E-state index in [4.69, 9.17) is 9.88 Å². The van der Waals surface area contributed by atoms with Crippen LogP contribution in [-0.2, 0) is 21.4 Å². The molecule has 0 aliphatic carbocycles. The van der Waals surface area contributed by atoms with E-state index in [0.29, 0.717) is 11.1 Å². The molecule has 0 aliphatic heterocycles. The molecule has 1 unspecified atom stereocenters. The zero-order valence-electron chi connectivity index (χ0n) is 12.8. The number of methoxy groups -OCH3 is 1. The number of primary sulfonamides is 1. The molecule has 0 aromatic heterocycles. The van der Waals surface area contributed by atoms with Gasteiger partial charge in [-0.25, -0.2) is 13.6 Å². The Balaban J connectivity index is 3.25. The van der Waals surface area contributed by atoms with Gasteiger partial charge in [0.15, 0.2) is 0 Å². The number of sulfonamides is 1. The predicted octanol–water partition coefficient (Wildman–Crippen LogP) is 1.35. The number of benzene rings is 1. The standard InChI is InChI=1S/C14H22N2O4S/c1-5-10(2)16(3)14(17)11-6-7-12(9-20-4)13(8-11)21(15,18)19/h6-8,10H,5,9H2,1-4H3,(H2,15,18,19). The fourth-order valence-electron chi connectivity index (χ4n) is 1.90. The van der Waals surface area contributed by atoms with Gasteiger partial charge in [0, 0.05) is 25.8 Å². The van der Waals surface area contributed by atoms with E-state index in [1.54, 1.807) is 24.1 Å². The van der Waals surface area contributed by atoms with Crippen LogP contribution in [0, 0.1) is 0 Å². The van der Waals surface area contributed by atoms with E-state index in [1.165, 1.54) is 13.2 Å². The molecule has 1 amide bonds. The van der Waals surface area contributed by atoms with Crippen molar-refractivity contribution in [2.75, 3.05) is 14.2 Å². The highest BCUT2D eigenvalue weighted by atomic mass is 32.2.